The summed E-state index contributed by atoms with van der Waals surface area (Å²) in [4.78, 5) is 0. The molecule has 0 aromatic rings. The van der Waals surface area contributed by atoms with E-state index >= 15 is 0 Å². The fraction of sp³-hybridized carbons (Fsp3) is 0.667. The average Bonchev–Trinajstić information content (AvgIpc) is 2.10. The second kappa shape index (κ2) is 3.64. The number of hydrogen-bond acceptors (Lipinski definition) is 3. The molecule has 0 heterocycles. The fourth-order valence-corrected chi connectivity index (χ4v) is 1.10. The molecule has 16 heavy (non-hydrogen) atoms. The van der Waals surface area contributed by atoms with Gasteiger partial charge in [0.2, 0.25) is 0 Å². The first-order valence-electron chi connectivity index (χ1n) is 3.86. The minimum absolute atomic E-state index is 0.181. The molecular formula is C6H5BF6O3. The topological polar surface area (TPSA) is 49.7 Å². The third-order valence-electron chi connectivity index (χ3n) is 1.95. The van der Waals surface area contributed by atoms with Crippen molar-refractivity contribution in [1.82, 2.24) is 0 Å². The van der Waals surface area contributed by atoms with Crippen molar-refractivity contribution < 1.29 is 41.0 Å². The van der Waals surface area contributed by atoms with Crippen LogP contribution in [-0.4, -0.2) is 41.2 Å². The van der Waals surface area contributed by atoms with Crippen molar-refractivity contribution in [2.75, 3.05) is 0 Å². The fourth-order valence-electron chi connectivity index (χ4n) is 1.10. The molecule has 0 fully saturated rings. The van der Waals surface area contributed by atoms with Gasteiger partial charge in [0.15, 0.2) is 6.17 Å². The molecular weight excluding hydrogens is 245 g/mol. The minimum atomic E-state index is -5.57. The van der Waals surface area contributed by atoms with E-state index in [1.54, 1.807) is 0 Å². The highest BCUT2D eigenvalue weighted by molar-refractivity contribution is 6.32. The van der Waals surface area contributed by atoms with Crippen molar-refractivity contribution in [2.24, 2.45) is 0 Å². The van der Waals surface area contributed by atoms with Crippen LogP contribution >= 0.6 is 0 Å². The minimum Gasteiger partial charge on any atom is -0.402 e. The molecule has 0 spiro atoms. The summed E-state index contributed by atoms with van der Waals surface area (Å²) in [7, 11) is -3.05. The lowest BCUT2D eigenvalue weighted by Gasteiger charge is -2.39. The van der Waals surface area contributed by atoms with Crippen molar-refractivity contribution in [3.05, 3.63) is 12.2 Å². The SMILES string of the molecule is OB(O)OC1(F)C=CC(F)C(F)(F)C1(F)F. The Hall–Kier alpha value is -0.735. The number of rotatable bonds is 2. The molecule has 92 valence electrons. The van der Waals surface area contributed by atoms with E-state index in [0.717, 1.165) is 0 Å². The number of alkyl halides is 6. The Balaban J connectivity index is 3.18. The quantitative estimate of drug-likeness (QED) is 0.433. The van der Waals surface area contributed by atoms with E-state index in [1.165, 1.54) is 0 Å². The Morgan fingerprint density at radius 3 is 2.06 bits per heavy atom. The van der Waals surface area contributed by atoms with Gasteiger partial charge in [-0.25, -0.2) is 8.78 Å². The van der Waals surface area contributed by atoms with E-state index in [0.29, 0.717) is 0 Å². The predicted molar refractivity (Wildman–Crippen MR) is 39.0 cm³/mol. The van der Waals surface area contributed by atoms with Crippen LogP contribution in [0.1, 0.15) is 0 Å². The summed E-state index contributed by atoms with van der Waals surface area (Å²) in [6.45, 7) is 0. The number of hydrogen-bond donors (Lipinski definition) is 2. The second-order valence-corrected chi connectivity index (χ2v) is 3.05. The molecule has 0 aliphatic heterocycles. The highest BCUT2D eigenvalue weighted by Crippen LogP contribution is 2.51. The van der Waals surface area contributed by atoms with Crippen LogP contribution in [0.3, 0.4) is 0 Å². The molecule has 0 aromatic carbocycles. The van der Waals surface area contributed by atoms with Crippen molar-refractivity contribution in [3.63, 3.8) is 0 Å². The summed E-state index contributed by atoms with van der Waals surface area (Å²) in [5.41, 5.74) is 0. The van der Waals surface area contributed by atoms with Gasteiger partial charge in [-0.2, -0.15) is 17.6 Å². The first-order valence-corrected chi connectivity index (χ1v) is 3.86. The summed E-state index contributed by atoms with van der Waals surface area (Å²) < 4.78 is 80.0. The molecule has 0 saturated carbocycles. The molecule has 2 atom stereocenters. The Morgan fingerprint density at radius 1 is 1.12 bits per heavy atom. The zero-order valence-electron chi connectivity index (χ0n) is 7.38. The maximum absolute atomic E-state index is 13.2. The van der Waals surface area contributed by atoms with Crippen LogP contribution in [0.25, 0.3) is 0 Å². The molecule has 1 rings (SSSR count). The molecule has 0 bridgehead atoms. The van der Waals surface area contributed by atoms with Crippen LogP contribution in [0, 0.1) is 0 Å². The predicted octanol–water partition coefficient (Wildman–Crippen LogP) is 0.817. The van der Waals surface area contributed by atoms with Gasteiger partial charge in [-0.05, 0) is 12.2 Å². The van der Waals surface area contributed by atoms with Gasteiger partial charge >= 0.3 is 19.2 Å². The lowest BCUT2D eigenvalue weighted by molar-refractivity contribution is -0.329. The van der Waals surface area contributed by atoms with Gasteiger partial charge in [0.05, 0.1) is 0 Å². The van der Waals surface area contributed by atoms with E-state index in [9.17, 15) is 26.3 Å². The van der Waals surface area contributed by atoms with Crippen LogP contribution in [0.5, 0.6) is 0 Å². The van der Waals surface area contributed by atoms with Crippen LogP contribution in [-0.2, 0) is 4.65 Å². The van der Waals surface area contributed by atoms with Crippen molar-refractivity contribution >= 4 is 7.32 Å². The van der Waals surface area contributed by atoms with Crippen LogP contribution in [0.2, 0.25) is 0 Å². The molecule has 3 nitrogen and oxygen atoms in total. The highest BCUT2D eigenvalue weighted by Gasteiger charge is 2.75. The first kappa shape index (κ1) is 13.3. The van der Waals surface area contributed by atoms with Gasteiger partial charge in [0.25, 0.3) is 5.85 Å². The van der Waals surface area contributed by atoms with E-state index in [4.69, 9.17) is 10.0 Å². The molecule has 1 aliphatic carbocycles. The van der Waals surface area contributed by atoms with Gasteiger partial charge < -0.3 is 14.7 Å². The molecule has 0 radical (unpaired) electrons. The molecule has 2 unspecified atom stereocenters. The van der Waals surface area contributed by atoms with Gasteiger partial charge in [-0.15, -0.1) is 0 Å². The van der Waals surface area contributed by atoms with Crippen molar-refractivity contribution in [3.8, 4) is 0 Å². The average molecular weight is 250 g/mol. The maximum atomic E-state index is 13.2. The third kappa shape index (κ3) is 1.70. The molecule has 0 saturated heterocycles. The Bertz CT molecular complexity index is 309. The third-order valence-corrected chi connectivity index (χ3v) is 1.95. The first-order chi connectivity index (χ1) is 7.04. The summed E-state index contributed by atoms with van der Waals surface area (Å²) >= 11 is 0. The molecule has 10 heteroatoms. The van der Waals surface area contributed by atoms with E-state index in [1.807, 2.05) is 0 Å². The lowest BCUT2D eigenvalue weighted by atomic mass is 9.92. The molecule has 2 N–H and O–H groups in total. The second-order valence-electron chi connectivity index (χ2n) is 3.05. The van der Waals surface area contributed by atoms with Gasteiger partial charge in [0, 0.05) is 0 Å². The number of halogens is 6. The zero-order valence-corrected chi connectivity index (χ0v) is 7.38. The summed E-state index contributed by atoms with van der Waals surface area (Å²) in [6.07, 6.45) is -3.90. The normalized spacial score (nSPS) is 36.1. The van der Waals surface area contributed by atoms with Gasteiger partial charge in [-0.3, -0.25) is 0 Å². The summed E-state index contributed by atoms with van der Waals surface area (Å²) in [6, 6.07) is 0. The lowest BCUT2D eigenvalue weighted by Crippen LogP contribution is -2.63. The Kier molecular flexibility index (Phi) is 3.03. The molecule has 0 aromatic heterocycles. The maximum Gasteiger partial charge on any atom is 0.636 e. The Morgan fingerprint density at radius 2 is 1.62 bits per heavy atom. The van der Waals surface area contributed by atoms with Crippen LogP contribution in [0.4, 0.5) is 26.3 Å². The monoisotopic (exact) mass is 250 g/mol. The van der Waals surface area contributed by atoms with Crippen LogP contribution < -0.4 is 0 Å². The van der Waals surface area contributed by atoms with Gasteiger partial charge in [0.1, 0.15) is 0 Å². The molecule has 1 aliphatic rings. The standard InChI is InChI=1S/C6H5BF6O3/c8-3-1-2-4(9,16-7(14)15)6(12,13)5(3,10)11/h1-3,14-15H. The summed E-state index contributed by atoms with van der Waals surface area (Å²) in [5.74, 6) is -15.4. The Labute approximate surface area is 85.5 Å². The largest absolute Gasteiger partial charge is 0.636 e. The van der Waals surface area contributed by atoms with Crippen molar-refractivity contribution in [1.29, 1.82) is 0 Å². The van der Waals surface area contributed by atoms with E-state index in [2.05, 4.69) is 4.65 Å². The van der Waals surface area contributed by atoms with E-state index < -0.39 is 31.2 Å². The van der Waals surface area contributed by atoms with Crippen molar-refractivity contribution in [2.45, 2.75) is 23.9 Å². The smallest absolute Gasteiger partial charge is 0.402 e. The highest BCUT2D eigenvalue weighted by atomic mass is 19.3. The zero-order chi connectivity index (χ0) is 12.8. The van der Waals surface area contributed by atoms with E-state index in [-0.39, 0.29) is 12.2 Å². The van der Waals surface area contributed by atoms with Crippen LogP contribution in [0.15, 0.2) is 12.2 Å². The number of allylic oxidation sites excluding steroid dienone is 1. The molecule has 0 amide bonds. The van der Waals surface area contributed by atoms with Gasteiger partial charge in [-0.1, -0.05) is 0 Å². The summed E-state index contributed by atoms with van der Waals surface area (Å²) in [5, 5.41) is 16.3.